The average molecular weight is 276 g/mol. The minimum absolute atomic E-state index is 0.321. The largest absolute Gasteiger partial charge is 0.382 e. The standard InChI is InChI=1S/C15H18ClN3/c1-7-8(2)10(4)12(11(5)9(7)3)14-13(16)15(17)19-6-18-14/h6H,1-5H3,(H2,17,18,19). The lowest BCUT2D eigenvalue weighted by Crippen LogP contribution is -2.03. The number of hydrogen-bond acceptors (Lipinski definition) is 3. The van der Waals surface area contributed by atoms with Crippen molar-refractivity contribution < 1.29 is 0 Å². The molecule has 0 bridgehead atoms. The normalized spacial score (nSPS) is 10.8. The van der Waals surface area contributed by atoms with Crippen molar-refractivity contribution in [3.63, 3.8) is 0 Å². The van der Waals surface area contributed by atoms with E-state index in [4.69, 9.17) is 17.3 Å². The van der Waals surface area contributed by atoms with E-state index in [-0.39, 0.29) is 0 Å². The van der Waals surface area contributed by atoms with Crippen LogP contribution in [-0.2, 0) is 0 Å². The molecule has 3 nitrogen and oxygen atoms in total. The molecule has 1 heterocycles. The SMILES string of the molecule is Cc1c(C)c(C)c(-c2ncnc(N)c2Cl)c(C)c1C. The fourth-order valence-corrected chi connectivity index (χ4v) is 2.61. The Morgan fingerprint density at radius 3 is 1.84 bits per heavy atom. The zero-order chi connectivity index (χ0) is 14.3. The fraction of sp³-hybridized carbons (Fsp3) is 0.333. The van der Waals surface area contributed by atoms with Crippen LogP contribution in [0.1, 0.15) is 27.8 Å². The zero-order valence-corrected chi connectivity index (χ0v) is 12.7. The van der Waals surface area contributed by atoms with Gasteiger partial charge in [0.25, 0.3) is 0 Å². The number of anilines is 1. The Morgan fingerprint density at radius 1 is 0.842 bits per heavy atom. The number of halogens is 1. The van der Waals surface area contributed by atoms with Gasteiger partial charge in [-0.15, -0.1) is 0 Å². The molecular weight excluding hydrogens is 258 g/mol. The lowest BCUT2D eigenvalue weighted by Gasteiger charge is -2.19. The highest BCUT2D eigenvalue weighted by molar-refractivity contribution is 6.35. The van der Waals surface area contributed by atoms with E-state index in [0.717, 1.165) is 11.3 Å². The van der Waals surface area contributed by atoms with Gasteiger partial charge in [-0.2, -0.15) is 0 Å². The van der Waals surface area contributed by atoms with Crippen LogP contribution in [0.4, 0.5) is 5.82 Å². The molecule has 0 atom stereocenters. The lowest BCUT2D eigenvalue weighted by atomic mass is 9.88. The number of hydrogen-bond donors (Lipinski definition) is 1. The second-order valence-electron chi connectivity index (χ2n) is 4.92. The molecule has 0 radical (unpaired) electrons. The predicted molar refractivity (Wildman–Crippen MR) is 80.6 cm³/mol. The number of nitrogens with zero attached hydrogens (tertiary/aromatic N) is 2. The van der Waals surface area contributed by atoms with Crippen LogP contribution in [0.25, 0.3) is 11.3 Å². The van der Waals surface area contributed by atoms with E-state index in [2.05, 4.69) is 44.6 Å². The summed E-state index contributed by atoms with van der Waals surface area (Å²) in [5.41, 5.74) is 13.8. The molecular formula is C15H18ClN3. The summed E-state index contributed by atoms with van der Waals surface area (Å²) in [6, 6.07) is 0. The maximum absolute atomic E-state index is 6.27. The van der Waals surface area contributed by atoms with E-state index < -0.39 is 0 Å². The molecule has 0 saturated heterocycles. The Hall–Kier alpha value is -1.61. The van der Waals surface area contributed by atoms with E-state index >= 15 is 0 Å². The second kappa shape index (κ2) is 4.82. The number of nitrogens with two attached hydrogens (primary N) is 1. The van der Waals surface area contributed by atoms with Crippen LogP contribution < -0.4 is 5.73 Å². The van der Waals surface area contributed by atoms with Crippen LogP contribution in [0.15, 0.2) is 6.33 Å². The maximum atomic E-state index is 6.27. The predicted octanol–water partition coefficient (Wildman–Crippen LogP) is 3.92. The quantitative estimate of drug-likeness (QED) is 0.858. The maximum Gasteiger partial charge on any atom is 0.146 e. The highest BCUT2D eigenvalue weighted by atomic mass is 35.5. The Balaban J connectivity index is 2.87. The van der Waals surface area contributed by atoms with Crippen molar-refractivity contribution in [2.24, 2.45) is 0 Å². The smallest absolute Gasteiger partial charge is 0.146 e. The molecule has 100 valence electrons. The summed E-state index contributed by atoms with van der Waals surface area (Å²) in [5.74, 6) is 0.321. The van der Waals surface area contributed by atoms with Crippen LogP contribution >= 0.6 is 11.6 Å². The first-order valence-corrected chi connectivity index (χ1v) is 6.57. The van der Waals surface area contributed by atoms with Gasteiger partial charge in [0.1, 0.15) is 17.2 Å². The monoisotopic (exact) mass is 275 g/mol. The van der Waals surface area contributed by atoms with Gasteiger partial charge >= 0.3 is 0 Å². The molecule has 2 rings (SSSR count). The molecule has 0 unspecified atom stereocenters. The van der Waals surface area contributed by atoms with E-state index in [1.807, 2.05) is 0 Å². The van der Waals surface area contributed by atoms with Gasteiger partial charge in [-0.05, 0) is 62.4 Å². The first kappa shape index (κ1) is 13.8. The van der Waals surface area contributed by atoms with E-state index in [1.165, 1.54) is 34.1 Å². The Labute approximate surface area is 118 Å². The number of nitrogen functional groups attached to an aromatic ring is 1. The van der Waals surface area contributed by atoms with Crippen LogP contribution in [-0.4, -0.2) is 9.97 Å². The molecule has 2 N–H and O–H groups in total. The highest BCUT2D eigenvalue weighted by Gasteiger charge is 2.18. The van der Waals surface area contributed by atoms with Crippen molar-refractivity contribution in [2.45, 2.75) is 34.6 Å². The van der Waals surface area contributed by atoms with Crippen LogP contribution in [0.2, 0.25) is 5.02 Å². The summed E-state index contributed by atoms with van der Waals surface area (Å²) in [6.45, 7) is 10.6. The third-order valence-corrected chi connectivity index (χ3v) is 4.43. The fourth-order valence-electron chi connectivity index (χ4n) is 2.41. The molecule has 0 aliphatic heterocycles. The molecule has 0 aliphatic carbocycles. The Bertz CT molecular complexity index is 634. The van der Waals surface area contributed by atoms with Gasteiger partial charge in [-0.25, -0.2) is 9.97 Å². The molecule has 0 amide bonds. The summed E-state index contributed by atoms with van der Waals surface area (Å²) < 4.78 is 0. The molecule has 19 heavy (non-hydrogen) atoms. The molecule has 1 aromatic heterocycles. The Morgan fingerprint density at radius 2 is 1.32 bits per heavy atom. The topological polar surface area (TPSA) is 51.8 Å². The first-order chi connectivity index (χ1) is 8.86. The molecule has 0 aliphatic rings. The summed E-state index contributed by atoms with van der Waals surface area (Å²) >= 11 is 6.27. The zero-order valence-electron chi connectivity index (χ0n) is 11.9. The Kier molecular flexibility index (Phi) is 3.50. The number of rotatable bonds is 1. The van der Waals surface area contributed by atoms with Gasteiger partial charge in [0.2, 0.25) is 0 Å². The van der Waals surface area contributed by atoms with Gasteiger partial charge in [0.15, 0.2) is 0 Å². The first-order valence-electron chi connectivity index (χ1n) is 6.19. The average Bonchev–Trinajstić information content (AvgIpc) is 2.39. The van der Waals surface area contributed by atoms with Crippen molar-refractivity contribution in [3.05, 3.63) is 39.2 Å². The van der Waals surface area contributed by atoms with Gasteiger partial charge in [0.05, 0.1) is 5.69 Å². The molecule has 2 aromatic rings. The summed E-state index contributed by atoms with van der Waals surface area (Å²) in [5, 5.41) is 0.427. The minimum atomic E-state index is 0.321. The summed E-state index contributed by atoms with van der Waals surface area (Å²) in [6.07, 6.45) is 1.46. The van der Waals surface area contributed by atoms with E-state index in [1.54, 1.807) is 0 Å². The van der Waals surface area contributed by atoms with Crippen molar-refractivity contribution >= 4 is 17.4 Å². The van der Waals surface area contributed by atoms with E-state index in [0.29, 0.717) is 10.8 Å². The molecule has 1 aromatic carbocycles. The van der Waals surface area contributed by atoms with Gasteiger partial charge in [-0.3, -0.25) is 0 Å². The second-order valence-corrected chi connectivity index (χ2v) is 5.30. The number of aromatic nitrogens is 2. The molecule has 4 heteroatoms. The van der Waals surface area contributed by atoms with Gasteiger partial charge in [-0.1, -0.05) is 11.6 Å². The van der Waals surface area contributed by atoms with Gasteiger partial charge in [0, 0.05) is 5.56 Å². The lowest BCUT2D eigenvalue weighted by molar-refractivity contribution is 1.14. The molecule has 0 fully saturated rings. The van der Waals surface area contributed by atoms with Crippen molar-refractivity contribution in [1.82, 2.24) is 9.97 Å². The summed E-state index contributed by atoms with van der Waals surface area (Å²) in [7, 11) is 0. The highest BCUT2D eigenvalue weighted by Crippen LogP contribution is 2.37. The summed E-state index contributed by atoms with van der Waals surface area (Å²) in [4.78, 5) is 8.24. The number of benzene rings is 1. The molecule has 0 saturated carbocycles. The van der Waals surface area contributed by atoms with Crippen LogP contribution in [0, 0.1) is 34.6 Å². The van der Waals surface area contributed by atoms with E-state index in [9.17, 15) is 0 Å². The van der Waals surface area contributed by atoms with Crippen molar-refractivity contribution in [3.8, 4) is 11.3 Å². The van der Waals surface area contributed by atoms with Crippen LogP contribution in [0.5, 0.6) is 0 Å². The van der Waals surface area contributed by atoms with Gasteiger partial charge < -0.3 is 5.73 Å². The van der Waals surface area contributed by atoms with Crippen molar-refractivity contribution in [2.75, 3.05) is 5.73 Å². The minimum Gasteiger partial charge on any atom is -0.382 e. The van der Waals surface area contributed by atoms with Crippen molar-refractivity contribution in [1.29, 1.82) is 0 Å². The van der Waals surface area contributed by atoms with Crippen LogP contribution in [0.3, 0.4) is 0 Å². The third-order valence-electron chi connectivity index (χ3n) is 4.05. The molecule has 0 spiro atoms. The third kappa shape index (κ3) is 2.08.